The van der Waals surface area contributed by atoms with Crippen LogP contribution < -0.4 is 9.47 Å². The standard InChI is InChI=1S/C24H30ClNO2S/c25-20-6-8-22(9-7-20)28-23-14-16-26(17-15-23)29-24-12-10-21(11-13-24)27-18-19-4-2-1-3-5-19/h6-13,19,23H,1-5,14-18H2. The van der Waals surface area contributed by atoms with Crippen LogP contribution in [0.2, 0.25) is 5.02 Å². The van der Waals surface area contributed by atoms with Crippen molar-refractivity contribution >= 4 is 23.5 Å². The predicted octanol–water partition coefficient (Wildman–Crippen LogP) is 6.85. The summed E-state index contributed by atoms with van der Waals surface area (Å²) in [4.78, 5) is 1.27. The highest BCUT2D eigenvalue weighted by Crippen LogP contribution is 2.30. The molecule has 156 valence electrons. The molecule has 0 N–H and O–H groups in total. The molecule has 2 aliphatic rings. The summed E-state index contributed by atoms with van der Waals surface area (Å²) in [7, 11) is 0. The minimum Gasteiger partial charge on any atom is -0.493 e. The van der Waals surface area contributed by atoms with Gasteiger partial charge in [0.15, 0.2) is 0 Å². The van der Waals surface area contributed by atoms with Gasteiger partial charge >= 0.3 is 0 Å². The lowest BCUT2D eigenvalue weighted by molar-refractivity contribution is 0.139. The topological polar surface area (TPSA) is 21.7 Å². The van der Waals surface area contributed by atoms with Gasteiger partial charge in [-0.3, -0.25) is 0 Å². The maximum atomic E-state index is 6.09. The molecule has 1 saturated heterocycles. The van der Waals surface area contributed by atoms with E-state index < -0.39 is 0 Å². The van der Waals surface area contributed by atoms with Crippen molar-refractivity contribution in [3.63, 3.8) is 0 Å². The molecule has 2 fully saturated rings. The van der Waals surface area contributed by atoms with E-state index in [4.69, 9.17) is 21.1 Å². The molecule has 2 aromatic rings. The van der Waals surface area contributed by atoms with Gasteiger partial charge in [-0.15, -0.1) is 0 Å². The smallest absolute Gasteiger partial charge is 0.119 e. The normalized spacial score (nSPS) is 19.2. The highest BCUT2D eigenvalue weighted by Gasteiger charge is 2.21. The zero-order valence-corrected chi connectivity index (χ0v) is 18.5. The van der Waals surface area contributed by atoms with E-state index in [-0.39, 0.29) is 6.10 Å². The summed E-state index contributed by atoms with van der Waals surface area (Å²) >= 11 is 7.77. The van der Waals surface area contributed by atoms with E-state index >= 15 is 0 Å². The Kier molecular flexibility index (Phi) is 7.64. The van der Waals surface area contributed by atoms with E-state index in [0.717, 1.165) is 55.0 Å². The van der Waals surface area contributed by atoms with Crippen LogP contribution in [0.1, 0.15) is 44.9 Å². The largest absolute Gasteiger partial charge is 0.493 e. The van der Waals surface area contributed by atoms with Gasteiger partial charge in [0, 0.05) is 23.0 Å². The molecule has 1 aliphatic carbocycles. The van der Waals surface area contributed by atoms with Gasteiger partial charge in [-0.05, 0) is 92.1 Å². The van der Waals surface area contributed by atoms with E-state index in [2.05, 4.69) is 28.6 Å². The van der Waals surface area contributed by atoms with Crippen molar-refractivity contribution in [3.05, 3.63) is 53.6 Å². The molecule has 1 saturated carbocycles. The van der Waals surface area contributed by atoms with Crippen LogP contribution in [0.3, 0.4) is 0 Å². The lowest BCUT2D eigenvalue weighted by Crippen LogP contribution is -2.34. The third kappa shape index (κ3) is 6.56. The number of benzene rings is 2. The second kappa shape index (κ2) is 10.6. The lowest BCUT2D eigenvalue weighted by Gasteiger charge is -2.31. The van der Waals surface area contributed by atoms with Gasteiger partial charge < -0.3 is 9.47 Å². The molecule has 0 bridgehead atoms. The van der Waals surface area contributed by atoms with E-state index in [0.29, 0.717) is 0 Å². The fourth-order valence-corrected chi connectivity index (χ4v) is 5.14. The third-order valence-electron chi connectivity index (χ3n) is 5.79. The van der Waals surface area contributed by atoms with Crippen LogP contribution in [0.15, 0.2) is 53.4 Å². The first-order chi connectivity index (χ1) is 14.2. The van der Waals surface area contributed by atoms with Crippen molar-refractivity contribution in [2.45, 2.75) is 55.9 Å². The zero-order chi connectivity index (χ0) is 19.9. The van der Waals surface area contributed by atoms with Crippen molar-refractivity contribution in [3.8, 4) is 11.5 Å². The number of rotatable bonds is 7. The summed E-state index contributed by atoms with van der Waals surface area (Å²) in [6.07, 6.45) is 9.14. The number of halogens is 1. The average molecular weight is 432 g/mol. The highest BCUT2D eigenvalue weighted by atomic mass is 35.5. The van der Waals surface area contributed by atoms with Crippen LogP contribution in [0, 0.1) is 5.92 Å². The zero-order valence-electron chi connectivity index (χ0n) is 16.9. The summed E-state index contributed by atoms with van der Waals surface area (Å²) < 4.78 is 14.5. The maximum Gasteiger partial charge on any atom is 0.119 e. The molecule has 5 heteroatoms. The number of hydrogen-bond donors (Lipinski definition) is 0. The molecule has 3 nitrogen and oxygen atoms in total. The Labute approximate surface area is 183 Å². The van der Waals surface area contributed by atoms with Crippen LogP contribution in [0.25, 0.3) is 0 Å². The number of hydrogen-bond acceptors (Lipinski definition) is 4. The number of nitrogens with zero attached hydrogens (tertiary/aromatic N) is 1. The molecular formula is C24H30ClNO2S. The predicted molar refractivity (Wildman–Crippen MR) is 121 cm³/mol. The fraction of sp³-hybridized carbons (Fsp3) is 0.500. The Hall–Kier alpha value is -1.36. The molecule has 0 spiro atoms. The highest BCUT2D eigenvalue weighted by molar-refractivity contribution is 7.97. The van der Waals surface area contributed by atoms with Gasteiger partial charge in [0.05, 0.1) is 6.61 Å². The third-order valence-corrected chi connectivity index (χ3v) is 7.14. The van der Waals surface area contributed by atoms with Gasteiger partial charge in [-0.1, -0.05) is 30.9 Å². The Bertz CT molecular complexity index is 738. The summed E-state index contributed by atoms with van der Waals surface area (Å²) in [5.74, 6) is 2.65. The van der Waals surface area contributed by atoms with Gasteiger partial charge in [0.1, 0.15) is 17.6 Å². The maximum absolute atomic E-state index is 6.09. The summed E-state index contributed by atoms with van der Waals surface area (Å²) in [5, 5.41) is 0.744. The molecule has 0 aromatic heterocycles. The van der Waals surface area contributed by atoms with Crippen molar-refractivity contribution in [1.29, 1.82) is 0 Å². The van der Waals surface area contributed by atoms with Crippen molar-refractivity contribution < 1.29 is 9.47 Å². The van der Waals surface area contributed by atoms with E-state index in [1.165, 1.54) is 37.0 Å². The summed E-state index contributed by atoms with van der Waals surface area (Å²) in [6, 6.07) is 16.2. The first kappa shape index (κ1) is 20.9. The van der Waals surface area contributed by atoms with Crippen LogP contribution in [-0.2, 0) is 0 Å². The Morgan fingerprint density at radius 1 is 0.828 bits per heavy atom. The van der Waals surface area contributed by atoms with Crippen molar-refractivity contribution in [1.82, 2.24) is 4.31 Å². The van der Waals surface area contributed by atoms with Crippen LogP contribution >= 0.6 is 23.5 Å². The van der Waals surface area contributed by atoms with Crippen LogP contribution in [0.5, 0.6) is 11.5 Å². The molecule has 1 heterocycles. The van der Waals surface area contributed by atoms with Crippen LogP contribution in [-0.4, -0.2) is 30.1 Å². The fourth-order valence-electron chi connectivity index (χ4n) is 4.06. The van der Waals surface area contributed by atoms with E-state index in [1.54, 1.807) is 0 Å². The van der Waals surface area contributed by atoms with Crippen molar-refractivity contribution in [2.75, 3.05) is 19.7 Å². The van der Waals surface area contributed by atoms with Gasteiger partial charge in [0.2, 0.25) is 0 Å². The first-order valence-corrected chi connectivity index (χ1v) is 12.0. The molecule has 4 rings (SSSR count). The molecule has 0 radical (unpaired) electrons. The molecule has 2 aromatic carbocycles. The number of piperidine rings is 1. The SMILES string of the molecule is Clc1ccc(OC2CCN(Sc3ccc(OCC4CCCCC4)cc3)CC2)cc1. The minimum absolute atomic E-state index is 0.281. The molecule has 0 atom stereocenters. The van der Waals surface area contributed by atoms with E-state index in [1.807, 2.05) is 36.2 Å². The summed E-state index contributed by atoms with van der Waals surface area (Å²) in [6.45, 7) is 2.93. The van der Waals surface area contributed by atoms with Crippen LogP contribution in [0.4, 0.5) is 0 Å². The molecule has 29 heavy (non-hydrogen) atoms. The van der Waals surface area contributed by atoms with Crippen molar-refractivity contribution in [2.24, 2.45) is 5.92 Å². The average Bonchev–Trinajstić information content (AvgIpc) is 2.77. The number of ether oxygens (including phenoxy) is 2. The van der Waals surface area contributed by atoms with Gasteiger partial charge in [0.25, 0.3) is 0 Å². The first-order valence-electron chi connectivity index (χ1n) is 10.8. The minimum atomic E-state index is 0.281. The second-order valence-corrected chi connectivity index (χ2v) is 9.68. The second-order valence-electron chi connectivity index (χ2n) is 8.08. The Morgan fingerprint density at radius 2 is 1.48 bits per heavy atom. The molecular weight excluding hydrogens is 402 g/mol. The Balaban J connectivity index is 1.18. The molecule has 1 aliphatic heterocycles. The van der Waals surface area contributed by atoms with Gasteiger partial charge in [-0.2, -0.15) is 0 Å². The molecule has 0 unspecified atom stereocenters. The lowest BCUT2D eigenvalue weighted by atomic mass is 9.90. The van der Waals surface area contributed by atoms with Gasteiger partial charge in [-0.25, -0.2) is 4.31 Å². The monoisotopic (exact) mass is 431 g/mol. The van der Waals surface area contributed by atoms with E-state index in [9.17, 15) is 0 Å². The Morgan fingerprint density at radius 3 is 2.17 bits per heavy atom. The molecule has 0 amide bonds. The quantitative estimate of drug-likeness (QED) is 0.447. The summed E-state index contributed by atoms with van der Waals surface area (Å²) in [5.41, 5.74) is 0.